The normalized spacial score (nSPS) is 19.1. The number of piperidine rings is 1. The van der Waals surface area contributed by atoms with Crippen molar-refractivity contribution < 1.29 is 14.3 Å². The Labute approximate surface area is 113 Å². The van der Waals surface area contributed by atoms with Gasteiger partial charge in [0.2, 0.25) is 0 Å². The number of likely N-dealkylation sites (tertiary alicyclic amines) is 1. The van der Waals surface area contributed by atoms with Gasteiger partial charge in [0.1, 0.15) is 12.4 Å². The van der Waals surface area contributed by atoms with Crippen molar-refractivity contribution in [3.8, 4) is 5.75 Å². The summed E-state index contributed by atoms with van der Waals surface area (Å²) in [6.45, 7) is 1.59. The van der Waals surface area contributed by atoms with E-state index in [-0.39, 0.29) is 18.7 Å². The van der Waals surface area contributed by atoms with Gasteiger partial charge in [-0.25, -0.2) is 4.79 Å². The number of carbonyl (C=O) groups excluding carboxylic acids is 1. The molecule has 19 heavy (non-hydrogen) atoms. The SMILES string of the molecule is COc1ccc(COC(=O)N2CCCC(N)C2)cc1. The summed E-state index contributed by atoms with van der Waals surface area (Å²) in [4.78, 5) is 13.5. The van der Waals surface area contributed by atoms with Crippen molar-refractivity contribution in [1.82, 2.24) is 4.90 Å². The first kappa shape index (κ1) is 13.7. The van der Waals surface area contributed by atoms with Gasteiger partial charge in [-0.05, 0) is 30.5 Å². The molecule has 1 fully saturated rings. The highest BCUT2D eigenvalue weighted by molar-refractivity contribution is 5.67. The van der Waals surface area contributed by atoms with Crippen molar-refractivity contribution in [2.45, 2.75) is 25.5 Å². The molecular weight excluding hydrogens is 244 g/mol. The summed E-state index contributed by atoms with van der Waals surface area (Å²) in [7, 11) is 1.62. The fourth-order valence-electron chi connectivity index (χ4n) is 2.13. The van der Waals surface area contributed by atoms with Gasteiger partial charge in [-0.3, -0.25) is 0 Å². The zero-order chi connectivity index (χ0) is 13.7. The maximum Gasteiger partial charge on any atom is 0.410 e. The Bertz CT molecular complexity index is 419. The molecular formula is C14H20N2O3. The lowest BCUT2D eigenvalue weighted by molar-refractivity contribution is 0.0862. The highest BCUT2D eigenvalue weighted by atomic mass is 16.6. The molecule has 1 aromatic carbocycles. The maximum absolute atomic E-state index is 11.9. The molecule has 1 amide bonds. The molecule has 5 heteroatoms. The van der Waals surface area contributed by atoms with Gasteiger partial charge >= 0.3 is 6.09 Å². The second-order valence-electron chi connectivity index (χ2n) is 4.75. The molecule has 1 unspecified atom stereocenters. The van der Waals surface area contributed by atoms with E-state index in [2.05, 4.69) is 0 Å². The molecule has 104 valence electrons. The largest absolute Gasteiger partial charge is 0.497 e. The van der Waals surface area contributed by atoms with E-state index in [1.165, 1.54) is 0 Å². The topological polar surface area (TPSA) is 64.8 Å². The number of rotatable bonds is 3. The van der Waals surface area contributed by atoms with Gasteiger partial charge in [0.05, 0.1) is 7.11 Å². The quantitative estimate of drug-likeness (QED) is 0.903. The molecule has 1 aliphatic heterocycles. The molecule has 1 atom stereocenters. The second kappa shape index (κ2) is 6.43. The smallest absolute Gasteiger partial charge is 0.410 e. The average Bonchev–Trinajstić information content (AvgIpc) is 2.45. The summed E-state index contributed by atoms with van der Waals surface area (Å²) >= 11 is 0. The van der Waals surface area contributed by atoms with Crippen LogP contribution in [0.3, 0.4) is 0 Å². The van der Waals surface area contributed by atoms with Crippen LogP contribution in [0.4, 0.5) is 4.79 Å². The van der Waals surface area contributed by atoms with Crippen LogP contribution < -0.4 is 10.5 Å². The molecule has 0 saturated carbocycles. The Balaban J connectivity index is 1.82. The van der Waals surface area contributed by atoms with Crippen LogP contribution in [0.5, 0.6) is 5.75 Å². The lowest BCUT2D eigenvalue weighted by Gasteiger charge is -2.29. The Kier molecular flexibility index (Phi) is 4.63. The van der Waals surface area contributed by atoms with Crippen LogP contribution in [0.25, 0.3) is 0 Å². The van der Waals surface area contributed by atoms with E-state index < -0.39 is 0 Å². The van der Waals surface area contributed by atoms with E-state index in [0.29, 0.717) is 6.54 Å². The third-order valence-corrected chi connectivity index (χ3v) is 3.24. The van der Waals surface area contributed by atoms with Gasteiger partial charge in [0, 0.05) is 19.1 Å². The van der Waals surface area contributed by atoms with Crippen LogP contribution >= 0.6 is 0 Å². The zero-order valence-electron chi connectivity index (χ0n) is 11.2. The fraction of sp³-hybridized carbons (Fsp3) is 0.500. The first-order valence-electron chi connectivity index (χ1n) is 6.49. The highest BCUT2D eigenvalue weighted by Gasteiger charge is 2.22. The molecule has 0 aromatic heterocycles. The molecule has 0 spiro atoms. The van der Waals surface area contributed by atoms with Crippen molar-refractivity contribution in [3.05, 3.63) is 29.8 Å². The Hall–Kier alpha value is -1.75. The number of hydrogen-bond acceptors (Lipinski definition) is 4. The van der Waals surface area contributed by atoms with Crippen LogP contribution in [0.1, 0.15) is 18.4 Å². The van der Waals surface area contributed by atoms with E-state index in [1.54, 1.807) is 12.0 Å². The predicted molar refractivity (Wildman–Crippen MR) is 72.0 cm³/mol. The van der Waals surface area contributed by atoms with E-state index in [1.807, 2.05) is 24.3 Å². The minimum atomic E-state index is -0.286. The van der Waals surface area contributed by atoms with Crippen molar-refractivity contribution >= 4 is 6.09 Å². The van der Waals surface area contributed by atoms with Crippen molar-refractivity contribution in [3.63, 3.8) is 0 Å². The molecule has 1 aromatic rings. The number of carbonyl (C=O) groups is 1. The summed E-state index contributed by atoms with van der Waals surface area (Å²) in [5, 5.41) is 0. The van der Waals surface area contributed by atoms with E-state index in [4.69, 9.17) is 15.2 Å². The number of nitrogens with zero attached hydrogens (tertiary/aromatic N) is 1. The Morgan fingerprint density at radius 2 is 2.16 bits per heavy atom. The molecule has 1 aliphatic rings. The first-order valence-corrected chi connectivity index (χ1v) is 6.49. The third-order valence-electron chi connectivity index (χ3n) is 3.24. The van der Waals surface area contributed by atoms with E-state index in [0.717, 1.165) is 30.7 Å². The van der Waals surface area contributed by atoms with Crippen LogP contribution in [0.2, 0.25) is 0 Å². The highest BCUT2D eigenvalue weighted by Crippen LogP contribution is 2.14. The Morgan fingerprint density at radius 1 is 1.42 bits per heavy atom. The molecule has 0 aliphatic carbocycles. The van der Waals surface area contributed by atoms with E-state index in [9.17, 15) is 4.79 Å². The molecule has 1 saturated heterocycles. The molecule has 2 rings (SSSR count). The number of amides is 1. The van der Waals surface area contributed by atoms with Gasteiger partial charge in [-0.1, -0.05) is 12.1 Å². The number of methoxy groups -OCH3 is 1. The number of hydrogen-bond donors (Lipinski definition) is 1. The van der Waals surface area contributed by atoms with Gasteiger partial charge in [-0.15, -0.1) is 0 Å². The number of nitrogens with two attached hydrogens (primary N) is 1. The lowest BCUT2D eigenvalue weighted by atomic mass is 10.1. The average molecular weight is 264 g/mol. The van der Waals surface area contributed by atoms with Gasteiger partial charge in [0.25, 0.3) is 0 Å². The summed E-state index contributed by atoms with van der Waals surface area (Å²) in [6, 6.07) is 7.53. The van der Waals surface area contributed by atoms with Gasteiger partial charge in [-0.2, -0.15) is 0 Å². The second-order valence-corrected chi connectivity index (χ2v) is 4.75. The predicted octanol–water partition coefficient (Wildman–Crippen LogP) is 1.75. The van der Waals surface area contributed by atoms with Crippen molar-refractivity contribution in [2.75, 3.05) is 20.2 Å². The molecule has 0 bridgehead atoms. The Morgan fingerprint density at radius 3 is 2.79 bits per heavy atom. The minimum absolute atomic E-state index is 0.0716. The monoisotopic (exact) mass is 264 g/mol. The first-order chi connectivity index (χ1) is 9.19. The summed E-state index contributed by atoms with van der Waals surface area (Å²) in [5.74, 6) is 0.789. The number of benzene rings is 1. The van der Waals surface area contributed by atoms with Crippen LogP contribution in [0.15, 0.2) is 24.3 Å². The van der Waals surface area contributed by atoms with Crippen LogP contribution in [-0.2, 0) is 11.3 Å². The summed E-state index contributed by atoms with van der Waals surface area (Å²) in [5.41, 5.74) is 6.78. The van der Waals surface area contributed by atoms with Crippen molar-refractivity contribution in [1.29, 1.82) is 0 Å². The summed E-state index contributed by atoms with van der Waals surface area (Å²) in [6.07, 6.45) is 1.63. The maximum atomic E-state index is 11.9. The molecule has 5 nitrogen and oxygen atoms in total. The van der Waals surface area contributed by atoms with Crippen LogP contribution in [0, 0.1) is 0 Å². The third kappa shape index (κ3) is 3.86. The van der Waals surface area contributed by atoms with Crippen LogP contribution in [-0.4, -0.2) is 37.2 Å². The number of ether oxygens (including phenoxy) is 2. The zero-order valence-corrected chi connectivity index (χ0v) is 11.2. The van der Waals surface area contributed by atoms with Crippen molar-refractivity contribution in [2.24, 2.45) is 5.73 Å². The lowest BCUT2D eigenvalue weighted by Crippen LogP contribution is -2.45. The van der Waals surface area contributed by atoms with Gasteiger partial charge in [0.15, 0.2) is 0 Å². The summed E-state index contributed by atoms with van der Waals surface area (Å²) < 4.78 is 10.4. The van der Waals surface area contributed by atoms with E-state index >= 15 is 0 Å². The standard InChI is InChI=1S/C14H20N2O3/c1-18-13-6-4-11(5-7-13)10-19-14(17)16-8-2-3-12(15)9-16/h4-7,12H,2-3,8-10,15H2,1H3. The molecule has 2 N–H and O–H groups in total. The minimum Gasteiger partial charge on any atom is -0.497 e. The molecule has 1 heterocycles. The fourth-order valence-corrected chi connectivity index (χ4v) is 2.13. The molecule has 0 radical (unpaired) electrons. The van der Waals surface area contributed by atoms with Gasteiger partial charge < -0.3 is 20.1 Å².